The van der Waals surface area contributed by atoms with Gasteiger partial charge in [0.2, 0.25) is 11.0 Å². The number of hydrogen-bond donors (Lipinski definition) is 2. The zero-order chi connectivity index (χ0) is 15.2. The Morgan fingerprint density at radius 1 is 1.38 bits per heavy atom. The number of nitrogens with two attached hydrogens (primary N) is 1. The van der Waals surface area contributed by atoms with E-state index in [2.05, 4.69) is 42.4 Å². The van der Waals surface area contributed by atoms with Gasteiger partial charge in [0.15, 0.2) is 0 Å². The van der Waals surface area contributed by atoms with Crippen molar-refractivity contribution in [3.63, 3.8) is 0 Å². The summed E-state index contributed by atoms with van der Waals surface area (Å²) in [5.41, 5.74) is 8.74. The number of thiocarbonyl (C=S) groups is 1. The topological polar surface area (TPSA) is 75.9 Å². The summed E-state index contributed by atoms with van der Waals surface area (Å²) in [5, 5.41) is 18.0. The molecule has 0 saturated heterocycles. The van der Waals surface area contributed by atoms with Crippen LogP contribution in [0.25, 0.3) is 11.3 Å². The third-order valence-electron chi connectivity index (χ3n) is 3.73. The Bertz CT molecular complexity index is 761. The summed E-state index contributed by atoms with van der Waals surface area (Å²) in [5.74, 6) is 0.0875. The number of benzene rings is 1. The van der Waals surface area contributed by atoms with Gasteiger partial charge in [-0.2, -0.15) is 0 Å². The molecular weight excluding hydrogens is 284 g/mol. The zero-order valence-corrected chi connectivity index (χ0v) is 12.7. The van der Waals surface area contributed by atoms with Crippen LogP contribution in [-0.4, -0.2) is 14.8 Å². The Kier molecular flexibility index (Phi) is 3.06. The first-order chi connectivity index (χ1) is 9.90. The molecule has 108 valence electrons. The number of nitrogens with zero attached hydrogens (tertiary/aromatic N) is 3. The van der Waals surface area contributed by atoms with Gasteiger partial charge in [0.25, 0.3) is 0 Å². The first-order valence-corrected chi connectivity index (χ1v) is 7.05. The summed E-state index contributed by atoms with van der Waals surface area (Å²) in [6, 6.07) is 9.99. The molecule has 1 aliphatic rings. The van der Waals surface area contributed by atoms with Gasteiger partial charge < -0.3 is 15.4 Å². The third kappa shape index (κ3) is 2.21. The molecule has 0 bridgehead atoms. The Balaban J connectivity index is 2.23. The monoisotopic (exact) mass is 300 g/mol. The summed E-state index contributed by atoms with van der Waals surface area (Å²) >= 11 is 4.68. The third-order valence-corrected chi connectivity index (χ3v) is 3.81. The van der Waals surface area contributed by atoms with Gasteiger partial charge in [-0.3, -0.25) is 0 Å². The van der Waals surface area contributed by atoms with Crippen LogP contribution < -0.4 is 5.73 Å². The Morgan fingerprint density at radius 3 is 2.81 bits per heavy atom. The predicted molar refractivity (Wildman–Crippen MR) is 85.9 cm³/mol. The molecular formula is C15H16N4OS. The molecule has 1 aromatic carbocycles. The predicted octanol–water partition coefficient (Wildman–Crippen LogP) is 3.48. The maximum Gasteiger partial charge on any atom is 0.220 e. The van der Waals surface area contributed by atoms with Gasteiger partial charge >= 0.3 is 0 Å². The molecule has 3 N–H and O–H groups in total. The molecule has 0 spiro atoms. The molecule has 21 heavy (non-hydrogen) atoms. The van der Waals surface area contributed by atoms with Crippen molar-refractivity contribution < 1.29 is 5.11 Å². The largest absolute Gasteiger partial charge is 0.493 e. The second-order valence-electron chi connectivity index (χ2n) is 5.76. The Morgan fingerprint density at radius 2 is 2.10 bits per heavy atom. The molecule has 2 heterocycles. The van der Waals surface area contributed by atoms with E-state index in [-0.39, 0.29) is 16.5 Å². The van der Waals surface area contributed by atoms with Crippen molar-refractivity contribution in [1.82, 2.24) is 4.57 Å². The van der Waals surface area contributed by atoms with Gasteiger partial charge in [0, 0.05) is 11.1 Å². The van der Waals surface area contributed by atoms with Crippen LogP contribution in [0, 0.1) is 0 Å². The molecule has 0 fully saturated rings. The van der Waals surface area contributed by atoms with E-state index in [0.717, 1.165) is 17.7 Å². The van der Waals surface area contributed by atoms with E-state index < -0.39 is 0 Å². The average Bonchev–Trinajstić information content (AvgIpc) is 2.74. The van der Waals surface area contributed by atoms with Crippen molar-refractivity contribution in [2.45, 2.75) is 25.8 Å². The second-order valence-corrected chi connectivity index (χ2v) is 6.18. The first kappa shape index (κ1) is 13.8. The maximum absolute atomic E-state index is 10.5. The Labute approximate surface area is 128 Å². The van der Waals surface area contributed by atoms with E-state index in [0.29, 0.717) is 5.69 Å². The van der Waals surface area contributed by atoms with Crippen LogP contribution in [0.1, 0.15) is 19.4 Å². The van der Waals surface area contributed by atoms with E-state index in [1.165, 1.54) is 5.56 Å². The number of aromatic nitrogens is 1. The SMILES string of the molecule is CC1(C)Cc2ccccc2-c2cc(N=NC(N)=S)c(O)n21. The fourth-order valence-corrected chi connectivity index (χ4v) is 2.99. The van der Waals surface area contributed by atoms with Crippen molar-refractivity contribution in [2.24, 2.45) is 16.0 Å². The minimum Gasteiger partial charge on any atom is -0.493 e. The fourth-order valence-electron chi connectivity index (χ4n) is 2.94. The van der Waals surface area contributed by atoms with Crippen LogP contribution in [0.4, 0.5) is 5.69 Å². The minimum atomic E-state index is -0.245. The average molecular weight is 300 g/mol. The molecule has 1 aromatic heterocycles. The minimum absolute atomic E-state index is 0.0572. The van der Waals surface area contributed by atoms with Gasteiger partial charge in [0.05, 0.1) is 5.69 Å². The molecule has 2 aromatic rings. The lowest BCUT2D eigenvalue weighted by molar-refractivity contribution is 0.298. The van der Waals surface area contributed by atoms with Crippen molar-refractivity contribution in [1.29, 1.82) is 0 Å². The number of fused-ring (bicyclic) bond motifs is 3. The molecule has 3 rings (SSSR count). The molecule has 1 aliphatic heterocycles. The van der Waals surface area contributed by atoms with Gasteiger partial charge in [-0.15, -0.1) is 10.2 Å². The van der Waals surface area contributed by atoms with Crippen molar-refractivity contribution in [3.8, 4) is 17.1 Å². The van der Waals surface area contributed by atoms with E-state index >= 15 is 0 Å². The lowest BCUT2D eigenvalue weighted by atomic mass is 9.86. The van der Waals surface area contributed by atoms with E-state index in [1.807, 2.05) is 28.8 Å². The summed E-state index contributed by atoms with van der Waals surface area (Å²) in [6.45, 7) is 4.17. The summed E-state index contributed by atoms with van der Waals surface area (Å²) in [6.07, 6.45) is 0.838. The Hall–Kier alpha value is -2.21. The van der Waals surface area contributed by atoms with E-state index in [4.69, 9.17) is 5.73 Å². The molecule has 0 aliphatic carbocycles. The number of aromatic hydroxyl groups is 1. The fraction of sp³-hybridized carbons (Fsp3) is 0.267. The second kappa shape index (κ2) is 4.66. The highest BCUT2D eigenvalue weighted by atomic mass is 32.1. The molecule has 0 unspecified atom stereocenters. The van der Waals surface area contributed by atoms with Crippen molar-refractivity contribution in [3.05, 3.63) is 35.9 Å². The number of rotatable bonds is 1. The van der Waals surface area contributed by atoms with Crippen LogP contribution in [0.2, 0.25) is 0 Å². The number of azo groups is 1. The standard InChI is InChI=1S/C15H16N4OS/c1-15(2)8-9-5-3-4-6-10(9)12-7-11(13(20)19(12)15)17-18-14(16)21/h3-7,20H,8H2,1-2H3,(H2,16,21). The lowest BCUT2D eigenvalue weighted by Crippen LogP contribution is -2.32. The van der Waals surface area contributed by atoms with Gasteiger partial charge in [-0.05, 0) is 44.1 Å². The highest BCUT2D eigenvalue weighted by Gasteiger charge is 2.34. The van der Waals surface area contributed by atoms with Gasteiger partial charge in [-0.25, -0.2) is 0 Å². The number of hydrogen-bond acceptors (Lipinski definition) is 3. The smallest absolute Gasteiger partial charge is 0.220 e. The highest BCUT2D eigenvalue weighted by molar-refractivity contribution is 7.80. The zero-order valence-electron chi connectivity index (χ0n) is 11.9. The highest BCUT2D eigenvalue weighted by Crippen LogP contribution is 2.46. The summed E-state index contributed by atoms with van der Waals surface area (Å²) < 4.78 is 1.89. The van der Waals surface area contributed by atoms with Crippen LogP contribution >= 0.6 is 12.2 Å². The lowest BCUT2D eigenvalue weighted by Gasteiger charge is -2.35. The summed E-state index contributed by atoms with van der Waals surface area (Å²) in [4.78, 5) is 0. The summed E-state index contributed by atoms with van der Waals surface area (Å²) in [7, 11) is 0. The van der Waals surface area contributed by atoms with Gasteiger partial charge in [-0.1, -0.05) is 24.3 Å². The van der Waals surface area contributed by atoms with Crippen molar-refractivity contribution in [2.75, 3.05) is 0 Å². The molecule has 0 atom stereocenters. The van der Waals surface area contributed by atoms with Crippen LogP contribution in [0.15, 0.2) is 40.6 Å². The quantitative estimate of drug-likeness (QED) is 0.625. The van der Waals surface area contributed by atoms with Crippen LogP contribution in [0.3, 0.4) is 0 Å². The molecule has 0 amide bonds. The van der Waals surface area contributed by atoms with Crippen LogP contribution in [-0.2, 0) is 12.0 Å². The van der Waals surface area contributed by atoms with Crippen LogP contribution in [0.5, 0.6) is 5.88 Å². The molecule has 0 radical (unpaired) electrons. The van der Waals surface area contributed by atoms with Gasteiger partial charge in [0.1, 0.15) is 5.69 Å². The maximum atomic E-state index is 10.5. The molecule has 5 nitrogen and oxygen atoms in total. The first-order valence-electron chi connectivity index (χ1n) is 6.65. The van der Waals surface area contributed by atoms with Crippen molar-refractivity contribution >= 4 is 23.0 Å². The van der Waals surface area contributed by atoms with E-state index in [9.17, 15) is 5.11 Å². The molecule has 0 saturated carbocycles. The normalized spacial score (nSPS) is 15.7. The van der Waals surface area contributed by atoms with E-state index in [1.54, 1.807) is 0 Å². The molecule has 6 heteroatoms.